The first-order valence-corrected chi connectivity index (χ1v) is 31.7. The van der Waals surface area contributed by atoms with Crippen molar-refractivity contribution in [3.63, 3.8) is 0 Å². The molecule has 13 aromatic rings. The molecular weight excluding hydrogens is 1530 g/mol. The first-order valence-electron chi connectivity index (χ1n) is 31.3. The first kappa shape index (κ1) is 81.6. The van der Waals surface area contributed by atoms with Crippen molar-refractivity contribution in [1.82, 2.24) is 57.7 Å². The number of hydrogen-bond donors (Lipinski definition) is 2. The molecule has 1 amide bonds. The molecule has 22 nitrogen and oxygen atoms in total. The van der Waals surface area contributed by atoms with E-state index < -0.39 is 70.9 Å². The molecule has 0 aliphatic rings. The molecule has 570 valence electrons. The summed E-state index contributed by atoms with van der Waals surface area (Å²) in [6, 6.07) is 45.0. The smallest absolute Gasteiger partial charge is 0.435 e. The SMILES string of the molecule is NC(=O)c1ccc(-n2cc(C(F)(F)F)nc2OCc2cccnc2)cc1.[C-]#[N+]c1ccc(-n2cc(C(F)(F)F)[nH]c2=O)cc1.[C-]#[N+]c1ccc(-n2cc(C(F)(F)F)nc2Cl)cc1.[C-]#[N+]c1ccc(-n2cc(C(F)(F)F)nc2OCc2ccccc2)cc1.[C-]#[N+]c1ccc(-n2cc(C(F)(F)F)nc2OCc2cccnc2)cc1. The maximum absolute atomic E-state index is 13.0. The van der Waals surface area contributed by atoms with Crippen LogP contribution >= 0.6 is 11.6 Å². The lowest BCUT2D eigenvalue weighted by molar-refractivity contribution is -0.141. The molecular formula is C74H47ClF15N17O5. The molecule has 0 atom stereocenters. The summed E-state index contributed by atoms with van der Waals surface area (Å²) in [5.41, 5.74) is 4.77. The van der Waals surface area contributed by atoms with Crippen LogP contribution in [0.25, 0.3) is 47.8 Å². The summed E-state index contributed by atoms with van der Waals surface area (Å²) >= 11 is 5.65. The number of imidazole rings is 5. The monoisotopic (exact) mass is 1570 g/mol. The van der Waals surface area contributed by atoms with E-state index in [1.165, 1.54) is 118 Å². The number of halogens is 16. The van der Waals surface area contributed by atoms with Crippen molar-refractivity contribution in [3.8, 4) is 46.5 Å². The van der Waals surface area contributed by atoms with Gasteiger partial charge in [-0.1, -0.05) is 91.0 Å². The second kappa shape index (κ2) is 35.5. The van der Waals surface area contributed by atoms with E-state index in [0.29, 0.717) is 62.8 Å². The summed E-state index contributed by atoms with van der Waals surface area (Å²) < 4.78 is 214. The number of carbonyl (C=O) groups excluding carboxylic acids is 1. The number of benzene rings is 6. The van der Waals surface area contributed by atoms with Crippen molar-refractivity contribution >= 4 is 40.3 Å². The molecule has 0 bridgehead atoms. The van der Waals surface area contributed by atoms with Crippen molar-refractivity contribution in [2.45, 2.75) is 50.7 Å². The molecule has 0 aliphatic heterocycles. The van der Waals surface area contributed by atoms with E-state index in [1.807, 2.05) is 30.3 Å². The Morgan fingerprint density at radius 3 is 0.991 bits per heavy atom. The molecule has 13 rings (SSSR count). The van der Waals surface area contributed by atoms with Crippen LogP contribution in [0.15, 0.2) is 236 Å². The number of primary amides is 1. The van der Waals surface area contributed by atoms with Crippen LogP contribution in [0.1, 0.15) is 55.5 Å². The van der Waals surface area contributed by atoms with Gasteiger partial charge in [0.25, 0.3) is 0 Å². The molecule has 0 radical (unpaired) electrons. The van der Waals surface area contributed by atoms with Gasteiger partial charge in [0.05, 0.1) is 32.0 Å². The number of nitrogens with one attached hydrogen (secondary N) is 1. The fourth-order valence-electron chi connectivity index (χ4n) is 9.29. The van der Waals surface area contributed by atoms with Gasteiger partial charge in [0.1, 0.15) is 25.5 Å². The number of H-pyrrole nitrogens is 1. The number of alkyl halides is 15. The van der Waals surface area contributed by atoms with Gasteiger partial charge in [-0.2, -0.15) is 80.8 Å². The van der Waals surface area contributed by atoms with Crippen LogP contribution in [0.3, 0.4) is 0 Å². The zero-order valence-electron chi connectivity index (χ0n) is 56.4. The molecule has 7 aromatic heterocycles. The average molecular weight is 1570 g/mol. The number of carbonyl (C=O) groups is 1. The summed E-state index contributed by atoms with van der Waals surface area (Å²) in [6.07, 6.45) is -12.6. The van der Waals surface area contributed by atoms with Crippen LogP contribution in [0.2, 0.25) is 5.28 Å². The van der Waals surface area contributed by atoms with Crippen LogP contribution in [0.5, 0.6) is 18.0 Å². The first-order chi connectivity index (χ1) is 53.1. The Morgan fingerprint density at radius 2 is 0.696 bits per heavy atom. The number of hydrogen-bond acceptors (Lipinski definition) is 11. The summed E-state index contributed by atoms with van der Waals surface area (Å²) in [5.74, 6) is -0.633. The quantitative estimate of drug-likeness (QED) is 0.0725. The van der Waals surface area contributed by atoms with Gasteiger partial charge in [-0.05, 0) is 102 Å². The number of rotatable bonds is 15. The van der Waals surface area contributed by atoms with Gasteiger partial charge in [-0.25, -0.2) is 29.2 Å². The predicted octanol–water partition coefficient (Wildman–Crippen LogP) is 19.2. The van der Waals surface area contributed by atoms with E-state index in [4.69, 9.17) is 57.8 Å². The highest BCUT2D eigenvalue weighted by molar-refractivity contribution is 6.28. The molecule has 0 saturated heterocycles. The van der Waals surface area contributed by atoms with Gasteiger partial charge in [0.2, 0.25) is 11.2 Å². The van der Waals surface area contributed by atoms with Crippen LogP contribution in [0.4, 0.5) is 88.6 Å². The summed E-state index contributed by atoms with van der Waals surface area (Å²) in [6.45, 7) is 27.5. The van der Waals surface area contributed by atoms with Crippen LogP contribution < -0.4 is 25.6 Å². The van der Waals surface area contributed by atoms with Crippen LogP contribution in [0, 0.1) is 26.3 Å². The maximum Gasteiger partial charge on any atom is 0.435 e. The Balaban J connectivity index is 0.000000162. The topological polar surface area (TPSA) is 223 Å². The number of aromatic nitrogens is 12. The third-order valence-electron chi connectivity index (χ3n) is 14.7. The number of ether oxygens (including phenoxy) is 3. The molecule has 0 spiro atoms. The minimum Gasteiger partial charge on any atom is -0.460 e. The Bertz CT molecular complexity index is 5410. The van der Waals surface area contributed by atoms with E-state index in [2.05, 4.69) is 49.3 Å². The van der Waals surface area contributed by atoms with Crippen LogP contribution in [-0.4, -0.2) is 63.6 Å². The minimum absolute atomic E-state index is 0.00151. The van der Waals surface area contributed by atoms with Gasteiger partial charge in [-0.3, -0.25) is 37.6 Å². The lowest BCUT2D eigenvalue weighted by Crippen LogP contribution is -2.14. The van der Waals surface area contributed by atoms with E-state index >= 15 is 0 Å². The summed E-state index contributed by atoms with van der Waals surface area (Å²) in [4.78, 5) is 58.8. The average Bonchev–Trinajstić information content (AvgIpc) is 1.69. The predicted molar refractivity (Wildman–Crippen MR) is 372 cm³/mol. The summed E-state index contributed by atoms with van der Waals surface area (Å²) in [5, 5.41) is -0.280. The summed E-state index contributed by atoms with van der Waals surface area (Å²) in [7, 11) is 0. The second-order valence-corrected chi connectivity index (χ2v) is 22.8. The lowest BCUT2D eigenvalue weighted by Gasteiger charge is -2.09. The highest BCUT2D eigenvalue weighted by atomic mass is 35.5. The third-order valence-corrected chi connectivity index (χ3v) is 15.0. The van der Waals surface area contributed by atoms with Crippen molar-refractivity contribution in [2.24, 2.45) is 5.73 Å². The highest BCUT2D eigenvalue weighted by Crippen LogP contribution is 2.37. The van der Waals surface area contributed by atoms with Crippen molar-refractivity contribution in [3.05, 3.63) is 344 Å². The largest absolute Gasteiger partial charge is 0.460 e. The molecule has 7 heterocycles. The van der Waals surface area contributed by atoms with Gasteiger partial charge >= 0.3 is 54.6 Å². The molecule has 0 saturated carbocycles. The molecule has 0 fully saturated rings. The Morgan fingerprint density at radius 1 is 0.393 bits per heavy atom. The Hall–Kier alpha value is -14.5. The number of aromatic amines is 1. The standard InChI is InChI=1S/C18H12F3N3O.C17H13F3N4O2.C17H11F3N4O.C11H5ClF3N3.C11H6F3N3O/c1-22-14-7-9-15(10-8-14)24-11-16(18(19,20)21)23-17(24)25-12-13-5-3-2-4-6-13;18-17(19,20)14-9-24(13-5-3-12(4-6-13)15(21)25)16(23-14)26-10-11-2-1-7-22-8-11;1-21-13-4-6-14(7-5-13)24-10-15(17(18,19)20)23-16(24)25-11-12-3-2-8-22-9-12;1-16-7-2-4-8(5-3-7)18-6-9(11(13,14)15)17-10(18)12;1-15-7-2-4-8(5-3-7)17-6-9(11(12,13)14)16-10(17)18/h2-11H,12H2;1-9H,10H2,(H2,21,25);2-10H,11H2;2-6H;2-6H,(H,16,18). The van der Waals surface area contributed by atoms with Crippen molar-refractivity contribution in [2.75, 3.05) is 0 Å². The van der Waals surface area contributed by atoms with E-state index in [-0.39, 0.29) is 54.4 Å². The fourth-order valence-corrected chi connectivity index (χ4v) is 9.53. The third kappa shape index (κ3) is 22.1. The number of pyridine rings is 2. The van der Waals surface area contributed by atoms with Gasteiger partial charge in [0, 0.05) is 95.2 Å². The molecule has 3 N–H and O–H groups in total. The number of nitrogens with two attached hydrogens (primary N) is 1. The van der Waals surface area contributed by atoms with E-state index in [9.17, 15) is 75.4 Å². The molecule has 0 unspecified atom stereocenters. The highest BCUT2D eigenvalue weighted by Gasteiger charge is 2.39. The maximum atomic E-state index is 13.0. The van der Waals surface area contributed by atoms with Crippen molar-refractivity contribution in [1.29, 1.82) is 0 Å². The van der Waals surface area contributed by atoms with Crippen molar-refractivity contribution < 1.29 is 84.9 Å². The molecule has 6 aromatic carbocycles. The molecule has 112 heavy (non-hydrogen) atoms. The number of amides is 1. The number of nitrogens with zero attached hydrogens (tertiary/aromatic N) is 15. The zero-order valence-corrected chi connectivity index (χ0v) is 57.2. The molecule has 38 heteroatoms. The van der Waals surface area contributed by atoms with E-state index in [1.54, 1.807) is 66.2 Å². The normalized spacial score (nSPS) is 11.2. The second-order valence-electron chi connectivity index (χ2n) is 22.4. The van der Waals surface area contributed by atoms with Crippen LogP contribution in [-0.2, 0) is 50.7 Å². The fraction of sp³-hybridized carbons (Fsp3) is 0.108. The van der Waals surface area contributed by atoms with Gasteiger partial charge < -0.3 is 24.9 Å². The minimum atomic E-state index is -4.62. The van der Waals surface area contributed by atoms with Gasteiger partial charge in [0.15, 0.2) is 45.5 Å². The van der Waals surface area contributed by atoms with Gasteiger partial charge in [-0.15, -0.1) is 0 Å². The Labute approximate surface area is 627 Å². The molecule has 0 aliphatic carbocycles. The van der Waals surface area contributed by atoms with E-state index in [0.717, 1.165) is 44.1 Å². The zero-order chi connectivity index (χ0) is 81.1. The lowest BCUT2D eigenvalue weighted by atomic mass is 10.2. The Kier molecular flexibility index (Phi) is 25.9.